The summed E-state index contributed by atoms with van der Waals surface area (Å²) in [6, 6.07) is 3.06. The predicted molar refractivity (Wildman–Crippen MR) is 80.0 cm³/mol. The fourth-order valence-electron chi connectivity index (χ4n) is 2.91. The Bertz CT molecular complexity index is 514. The average Bonchev–Trinajstić information content (AvgIpc) is 2.40. The molecular formula is C16H24N2O3. The number of amides is 1. The Balaban J connectivity index is 2.15. The van der Waals surface area contributed by atoms with Crippen LogP contribution in [0.2, 0.25) is 0 Å². The second-order valence-corrected chi connectivity index (χ2v) is 6.56. The zero-order chi connectivity index (χ0) is 15.6. The molecule has 1 aliphatic heterocycles. The normalized spacial score (nSPS) is 26.1. The molecule has 2 rings (SSSR count). The van der Waals surface area contributed by atoms with Crippen molar-refractivity contribution in [3.05, 3.63) is 24.0 Å². The van der Waals surface area contributed by atoms with Crippen LogP contribution >= 0.6 is 0 Å². The van der Waals surface area contributed by atoms with Crippen LogP contribution in [0.5, 0.6) is 5.75 Å². The summed E-state index contributed by atoms with van der Waals surface area (Å²) < 4.78 is 0. The van der Waals surface area contributed by atoms with E-state index in [1.54, 1.807) is 11.0 Å². The molecule has 116 valence electrons. The maximum Gasteiger partial charge on any atom is 0.276 e. The van der Waals surface area contributed by atoms with Gasteiger partial charge in [-0.05, 0) is 37.8 Å². The van der Waals surface area contributed by atoms with Crippen molar-refractivity contribution in [2.75, 3.05) is 13.1 Å². The fourth-order valence-corrected chi connectivity index (χ4v) is 2.91. The van der Waals surface area contributed by atoms with Gasteiger partial charge in [-0.2, -0.15) is 0 Å². The van der Waals surface area contributed by atoms with E-state index in [1.165, 1.54) is 12.3 Å². The van der Waals surface area contributed by atoms with Gasteiger partial charge in [0.05, 0.1) is 5.60 Å². The SMILES string of the molecule is CC(C)C[C@H]1CN(C(=O)c2ncccc2O)CC[C@@]1(C)O. The lowest BCUT2D eigenvalue weighted by atomic mass is 9.78. The number of likely N-dealkylation sites (tertiary alicyclic amines) is 1. The molecular weight excluding hydrogens is 268 g/mol. The molecule has 21 heavy (non-hydrogen) atoms. The third-order valence-corrected chi connectivity index (χ3v) is 4.24. The molecule has 1 saturated heterocycles. The van der Waals surface area contributed by atoms with E-state index >= 15 is 0 Å². The topological polar surface area (TPSA) is 73.7 Å². The van der Waals surface area contributed by atoms with Gasteiger partial charge in [0, 0.05) is 25.2 Å². The highest BCUT2D eigenvalue weighted by Crippen LogP contribution is 2.33. The van der Waals surface area contributed by atoms with Crippen LogP contribution in [0.3, 0.4) is 0 Å². The lowest BCUT2D eigenvalue weighted by Gasteiger charge is -2.43. The van der Waals surface area contributed by atoms with Crippen molar-refractivity contribution in [2.45, 2.75) is 39.2 Å². The van der Waals surface area contributed by atoms with E-state index < -0.39 is 5.60 Å². The molecule has 5 heteroatoms. The number of hydrogen-bond acceptors (Lipinski definition) is 4. The smallest absolute Gasteiger partial charge is 0.276 e. The second kappa shape index (κ2) is 6.02. The van der Waals surface area contributed by atoms with Crippen LogP contribution in [-0.4, -0.2) is 44.7 Å². The predicted octanol–water partition coefficient (Wildman–Crippen LogP) is 2.05. The summed E-state index contributed by atoms with van der Waals surface area (Å²) in [5.74, 6) is 0.137. The molecule has 0 unspecified atom stereocenters. The van der Waals surface area contributed by atoms with Gasteiger partial charge < -0.3 is 15.1 Å². The molecule has 0 saturated carbocycles. The lowest BCUT2D eigenvalue weighted by molar-refractivity contribution is -0.0578. The molecule has 5 nitrogen and oxygen atoms in total. The molecule has 2 N–H and O–H groups in total. The van der Waals surface area contributed by atoms with Crippen molar-refractivity contribution in [3.8, 4) is 5.75 Å². The molecule has 1 amide bonds. The monoisotopic (exact) mass is 292 g/mol. The summed E-state index contributed by atoms with van der Waals surface area (Å²) in [4.78, 5) is 18.1. The summed E-state index contributed by atoms with van der Waals surface area (Å²) in [7, 11) is 0. The molecule has 1 aromatic heterocycles. The van der Waals surface area contributed by atoms with Crippen molar-refractivity contribution >= 4 is 5.91 Å². The number of pyridine rings is 1. The van der Waals surface area contributed by atoms with Gasteiger partial charge in [0.2, 0.25) is 0 Å². The fraction of sp³-hybridized carbons (Fsp3) is 0.625. The van der Waals surface area contributed by atoms with Gasteiger partial charge in [-0.15, -0.1) is 0 Å². The standard InChI is InChI=1S/C16H24N2O3/c1-11(2)9-12-10-18(8-6-16(12,3)21)15(20)14-13(19)5-4-7-17-14/h4-5,7,11-12,19,21H,6,8-10H2,1-3H3/t12-,16+/m0/s1. The molecule has 2 heterocycles. The van der Waals surface area contributed by atoms with Crippen LogP contribution < -0.4 is 0 Å². The number of carbonyl (C=O) groups excluding carboxylic acids is 1. The number of nitrogens with zero attached hydrogens (tertiary/aromatic N) is 2. The minimum atomic E-state index is -0.743. The highest BCUT2D eigenvalue weighted by Gasteiger charge is 2.39. The summed E-state index contributed by atoms with van der Waals surface area (Å²) >= 11 is 0. The Labute approximate surface area is 125 Å². The number of aromatic nitrogens is 1. The summed E-state index contributed by atoms with van der Waals surface area (Å²) in [6.07, 6.45) is 2.91. The minimum absolute atomic E-state index is 0.0426. The van der Waals surface area contributed by atoms with Crippen molar-refractivity contribution in [2.24, 2.45) is 11.8 Å². The average molecular weight is 292 g/mol. The first-order valence-corrected chi connectivity index (χ1v) is 7.47. The Kier molecular flexibility index (Phi) is 4.52. The van der Waals surface area contributed by atoms with Crippen molar-refractivity contribution in [1.82, 2.24) is 9.88 Å². The van der Waals surface area contributed by atoms with Gasteiger partial charge in [-0.1, -0.05) is 13.8 Å². The van der Waals surface area contributed by atoms with E-state index in [9.17, 15) is 15.0 Å². The van der Waals surface area contributed by atoms with Gasteiger partial charge >= 0.3 is 0 Å². The second-order valence-electron chi connectivity index (χ2n) is 6.56. The van der Waals surface area contributed by atoms with E-state index in [0.717, 1.165) is 6.42 Å². The van der Waals surface area contributed by atoms with E-state index in [4.69, 9.17) is 0 Å². The van der Waals surface area contributed by atoms with E-state index in [1.807, 2.05) is 6.92 Å². The summed E-state index contributed by atoms with van der Waals surface area (Å²) in [6.45, 7) is 7.05. The quantitative estimate of drug-likeness (QED) is 0.894. The highest BCUT2D eigenvalue weighted by atomic mass is 16.3. The maximum atomic E-state index is 12.5. The van der Waals surface area contributed by atoms with Gasteiger partial charge in [0.1, 0.15) is 5.75 Å². The zero-order valence-electron chi connectivity index (χ0n) is 12.9. The third kappa shape index (κ3) is 3.53. The first-order valence-electron chi connectivity index (χ1n) is 7.47. The Morgan fingerprint density at radius 1 is 1.57 bits per heavy atom. The molecule has 0 aliphatic carbocycles. The molecule has 0 radical (unpaired) electrons. The number of carbonyl (C=O) groups is 1. The van der Waals surface area contributed by atoms with Crippen LogP contribution in [0.4, 0.5) is 0 Å². The maximum absolute atomic E-state index is 12.5. The number of aliphatic hydroxyl groups is 1. The van der Waals surface area contributed by atoms with Crippen molar-refractivity contribution in [3.63, 3.8) is 0 Å². The molecule has 1 aromatic rings. The van der Waals surface area contributed by atoms with Crippen LogP contribution in [0, 0.1) is 11.8 Å². The minimum Gasteiger partial charge on any atom is -0.505 e. The van der Waals surface area contributed by atoms with E-state index in [2.05, 4.69) is 18.8 Å². The Hall–Kier alpha value is -1.62. The molecule has 0 bridgehead atoms. The summed E-state index contributed by atoms with van der Waals surface area (Å²) in [5.41, 5.74) is -0.657. The van der Waals surface area contributed by atoms with Crippen LogP contribution in [0.1, 0.15) is 44.1 Å². The molecule has 1 aliphatic rings. The van der Waals surface area contributed by atoms with Crippen LogP contribution in [-0.2, 0) is 0 Å². The zero-order valence-corrected chi connectivity index (χ0v) is 12.9. The van der Waals surface area contributed by atoms with Crippen molar-refractivity contribution in [1.29, 1.82) is 0 Å². The Morgan fingerprint density at radius 2 is 2.29 bits per heavy atom. The number of aromatic hydroxyl groups is 1. The molecule has 0 spiro atoms. The molecule has 0 aromatic carbocycles. The summed E-state index contributed by atoms with van der Waals surface area (Å²) in [5, 5.41) is 20.3. The largest absolute Gasteiger partial charge is 0.505 e. The molecule has 1 fully saturated rings. The lowest BCUT2D eigenvalue weighted by Crippen LogP contribution is -2.52. The highest BCUT2D eigenvalue weighted by molar-refractivity contribution is 5.94. The third-order valence-electron chi connectivity index (χ3n) is 4.24. The van der Waals surface area contributed by atoms with Gasteiger partial charge in [-0.3, -0.25) is 4.79 Å². The van der Waals surface area contributed by atoms with E-state index in [-0.39, 0.29) is 23.3 Å². The number of hydrogen-bond donors (Lipinski definition) is 2. The van der Waals surface area contributed by atoms with Crippen molar-refractivity contribution < 1.29 is 15.0 Å². The number of rotatable bonds is 3. The first-order chi connectivity index (χ1) is 9.81. The van der Waals surface area contributed by atoms with Crippen LogP contribution in [0.25, 0.3) is 0 Å². The van der Waals surface area contributed by atoms with Gasteiger partial charge in [0.25, 0.3) is 5.91 Å². The van der Waals surface area contributed by atoms with Crippen LogP contribution in [0.15, 0.2) is 18.3 Å². The first kappa shape index (κ1) is 15.8. The van der Waals surface area contributed by atoms with E-state index in [0.29, 0.717) is 25.4 Å². The molecule has 2 atom stereocenters. The number of piperidine rings is 1. The Morgan fingerprint density at radius 3 is 2.90 bits per heavy atom. The van der Waals surface area contributed by atoms with Gasteiger partial charge in [-0.25, -0.2) is 4.98 Å². The van der Waals surface area contributed by atoms with Gasteiger partial charge in [0.15, 0.2) is 5.69 Å².